The first-order valence-electron chi connectivity index (χ1n) is 8.09. The van der Waals surface area contributed by atoms with Crippen LogP contribution in [-0.4, -0.2) is 29.0 Å². The normalized spacial score (nSPS) is 17.7. The van der Waals surface area contributed by atoms with Gasteiger partial charge in [-0.25, -0.2) is 0 Å². The van der Waals surface area contributed by atoms with Gasteiger partial charge in [-0.3, -0.25) is 14.8 Å². The Bertz CT molecular complexity index is 646. The summed E-state index contributed by atoms with van der Waals surface area (Å²) in [6, 6.07) is 7.94. The highest BCUT2D eigenvalue weighted by atomic mass is 16.1. The van der Waals surface area contributed by atoms with Gasteiger partial charge >= 0.3 is 0 Å². The zero-order valence-electron chi connectivity index (χ0n) is 13.4. The van der Waals surface area contributed by atoms with E-state index in [1.807, 2.05) is 19.1 Å². The van der Waals surface area contributed by atoms with Crippen molar-refractivity contribution in [3.05, 3.63) is 59.2 Å². The van der Waals surface area contributed by atoms with Gasteiger partial charge in [0.15, 0.2) is 0 Å². The maximum atomic E-state index is 12.2. The molecule has 2 N–H and O–H groups in total. The van der Waals surface area contributed by atoms with Crippen LogP contribution in [0.15, 0.2) is 36.7 Å². The number of benzene rings is 1. The maximum Gasteiger partial charge on any atom is 0.251 e. The number of aryl methyl sites for hydroxylation is 1. The summed E-state index contributed by atoms with van der Waals surface area (Å²) in [5.41, 5.74) is 3.61. The summed E-state index contributed by atoms with van der Waals surface area (Å²) in [6.45, 7) is 4.41. The van der Waals surface area contributed by atoms with Gasteiger partial charge in [-0.15, -0.1) is 0 Å². The monoisotopic (exact) mass is 310 g/mol. The molecule has 1 fully saturated rings. The molecule has 5 heteroatoms. The molecular weight excluding hydrogens is 288 g/mol. The van der Waals surface area contributed by atoms with Crippen LogP contribution in [-0.2, 0) is 6.54 Å². The second kappa shape index (κ2) is 7.33. The van der Waals surface area contributed by atoms with E-state index in [2.05, 4.69) is 32.7 Å². The smallest absolute Gasteiger partial charge is 0.251 e. The maximum absolute atomic E-state index is 12.2. The van der Waals surface area contributed by atoms with Gasteiger partial charge in [0.1, 0.15) is 0 Å². The fourth-order valence-corrected chi connectivity index (χ4v) is 2.83. The molecule has 1 saturated heterocycles. The number of piperidine rings is 1. The lowest BCUT2D eigenvalue weighted by atomic mass is 9.91. The SMILES string of the molecule is Cc1cnc(CNC(=O)c2ccc([C@H]3CCCNC3)cc2)cn1. The lowest BCUT2D eigenvalue weighted by Crippen LogP contribution is -2.28. The highest BCUT2D eigenvalue weighted by Crippen LogP contribution is 2.23. The van der Waals surface area contributed by atoms with Gasteiger partial charge in [0.2, 0.25) is 0 Å². The molecule has 1 aliphatic heterocycles. The van der Waals surface area contributed by atoms with Gasteiger partial charge in [0, 0.05) is 18.3 Å². The first kappa shape index (κ1) is 15.6. The minimum Gasteiger partial charge on any atom is -0.346 e. The third-order valence-corrected chi connectivity index (χ3v) is 4.21. The molecule has 0 saturated carbocycles. The minimum absolute atomic E-state index is 0.0827. The van der Waals surface area contributed by atoms with E-state index in [0.717, 1.165) is 24.5 Å². The van der Waals surface area contributed by atoms with E-state index in [1.54, 1.807) is 12.4 Å². The highest BCUT2D eigenvalue weighted by molar-refractivity contribution is 5.94. The molecule has 1 aliphatic rings. The van der Waals surface area contributed by atoms with E-state index in [4.69, 9.17) is 0 Å². The molecule has 0 unspecified atom stereocenters. The van der Waals surface area contributed by atoms with Crippen LogP contribution in [0.25, 0.3) is 0 Å². The lowest BCUT2D eigenvalue weighted by Gasteiger charge is -2.23. The Labute approximate surface area is 136 Å². The van der Waals surface area contributed by atoms with Gasteiger partial charge in [-0.05, 0) is 49.9 Å². The van der Waals surface area contributed by atoms with Crippen molar-refractivity contribution in [2.75, 3.05) is 13.1 Å². The van der Waals surface area contributed by atoms with E-state index < -0.39 is 0 Å². The number of nitrogens with zero attached hydrogens (tertiary/aromatic N) is 2. The zero-order valence-corrected chi connectivity index (χ0v) is 13.4. The van der Waals surface area contributed by atoms with E-state index >= 15 is 0 Å². The molecule has 120 valence electrons. The van der Waals surface area contributed by atoms with Gasteiger partial charge in [0.05, 0.1) is 24.1 Å². The second-order valence-corrected chi connectivity index (χ2v) is 6.00. The molecule has 0 radical (unpaired) electrons. The molecule has 0 spiro atoms. The van der Waals surface area contributed by atoms with E-state index in [1.165, 1.54) is 18.4 Å². The number of hydrogen-bond acceptors (Lipinski definition) is 4. The molecule has 2 heterocycles. The van der Waals surface area contributed by atoms with Crippen molar-refractivity contribution in [3.63, 3.8) is 0 Å². The average molecular weight is 310 g/mol. The summed E-state index contributed by atoms with van der Waals surface area (Å²) >= 11 is 0. The van der Waals surface area contributed by atoms with Crippen LogP contribution in [0, 0.1) is 6.92 Å². The largest absolute Gasteiger partial charge is 0.346 e. The van der Waals surface area contributed by atoms with Gasteiger partial charge in [-0.1, -0.05) is 12.1 Å². The second-order valence-electron chi connectivity index (χ2n) is 6.00. The molecule has 1 amide bonds. The Hall–Kier alpha value is -2.27. The Morgan fingerprint density at radius 3 is 2.74 bits per heavy atom. The van der Waals surface area contributed by atoms with Gasteiger partial charge in [0.25, 0.3) is 5.91 Å². The Kier molecular flexibility index (Phi) is 4.98. The molecule has 1 aromatic carbocycles. The predicted octanol–water partition coefficient (Wildman–Crippen LogP) is 2.18. The summed E-state index contributed by atoms with van der Waals surface area (Å²) in [6.07, 6.45) is 5.82. The van der Waals surface area contributed by atoms with E-state index in [9.17, 15) is 4.79 Å². The molecule has 3 rings (SSSR count). The molecule has 0 aliphatic carbocycles. The Balaban J connectivity index is 1.57. The Morgan fingerprint density at radius 2 is 2.09 bits per heavy atom. The van der Waals surface area contributed by atoms with Crippen molar-refractivity contribution < 1.29 is 4.79 Å². The summed E-state index contributed by atoms with van der Waals surface area (Å²) in [5, 5.41) is 6.30. The minimum atomic E-state index is -0.0827. The van der Waals surface area contributed by atoms with Crippen LogP contribution in [0.2, 0.25) is 0 Å². The van der Waals surface area contributed by atoms with Crippen LogP contribution < -0.4 is 10.6 Å². The van der Waals surface area contributed by atoms with Crippen molar-refractivity contribution in [1.82, 2.24) is 20.6 Å². The topological polar surface area (TPSA) is 66.9 Å². The highest BCUT2D eigenvalue weighted by Gasteiger charge is 2.15. The lowest BCUT2D eigenvalue weighted by molar-refractivity contribution is 0.0950. The Morgan fingerprint density at radius 1 is 1.26 bits per heavy atom. The number of rotatable bonds is 4. The molecule has 1 aromatic heterocycles. The molecule has 0 bridgehead atoms. The van der Waals surface area contributed by atoms with Crippen molar-refractivity contribution in [2.45, 2.75) is 32.2 Å². The standard InChI is InChI=1S/C18H22N4O/c1-13-9-21-17(11-20-13)12-22-18(23)15-6-4-14(5-7-15)16-3-2-8-19-10-16/h4-7,9,11,16,19H,2-3,8,10,12H2,1H3,(H,22,23)/t16-/m0/s1. The zero-order chi connectivity index (χ0) is 16.1. The quantitative estimate of drug-likeness (QED) is 0.908. The van der Waals surface area contributed by atoms with Crippen LogP contribution in [0.1, 0.15) is 46.1 Å². The van der Waals surface area contributed by atoms with Crippen LogP contribution in [0.4, 0.5) is 0 Å². The average Bonchev–Trinajstić information content (AvgIpc) is 2.62. The van der Waals surface area contributed by atoms with Crippen LogP contribution in [0.5, 0.6) is 0 Å². The molecule has 23 heavy (non-hydrogen) atoms. The molecular formula is C18H22N4O. The number of nitrogens with one attached hydrogen (secondary N) is 2. The number of carbonyl (C=O) groups is 1. The molecule has 1 atom stereocenters. The number of carbonyl (C=O) groups excluding carboxylic acids is 1. The van der Waals surface area contributed by atoms with Crippen molar-refractivity contribution >= 4 is 5.91 Å². The summed E-state index contributed by atoms with van der Waals surface area (Å²) < 4.78 is 0. The van der Waals surface area contributed by atoms with Crippen molar-refractivity contribution in [2.24, 2.45) is 0 Å². The number of aromatic nitrogens is 2. The van der Waals surface area contributed by atoms with Gasteiger partial charge < -0.3 is 10.6 Å². The summed E-state index contributed by atoms with van der Waals surface area (Å²) in [5.74, 6) is 0.476. The first-order valence-corrected chi connectivity index (χ1v) is 8.09. The molecule has 2 aromatic rings. The number of hydrogen-bond donors (Lipinski definition) is 2. The van der Waals surface area contributed by atoms with E-state index in [-0.39, 0.29) is 5.91 Å². The van der Waals surface area contributed by atoms with Crippen LogP contribution >= 0.6 is 0 Å². The van der Waals surface area contributed by atoms with Crippen LogP contribution in [0.3, 0.4) is 0 Å². The van der Waals surface area contributed by atoms with Gasteiger partial charge in [-0.2, -0.15) is 0 Å². The summed E-state index contributed by atoms with van der Waals surface area (Å²) in [4.78, 5) is 20.6. The molecule has 5 nitrogen and oxygen atoms in total. The van der Waals surface area contributed by atoms with Crippen molar-refractivity contribution in [1.29, 1.82) is 0 Å². The van der Waals surface area contributed by atoms with E-state index in [0.29, 0.717) is 18.0 Å². The van der Waals surface area contributed by atoms with Crippen molar-refractivity contribution in [3.8, 4) is 0 Å². The number of amides is 1. The predicted molar refractivity (Wildman–Crippen MR) is 89.2 cm³/mol. The summed E-state index contributed by atoms with van der Waals surface area (Å²) in [7, 11) is 0. The fourth-order valence-electron chi connectivity index (χ4n) is 2.83. The first-order chi connectivity index (χ1) is 11.2. The fraction of sp³-hybridized carbons (Fsp3) is 0.389. The third-order valence-electron chi connectivity index (χ3n) is 4.21. The third kappa shape index (κ3) is 4.13.